The van der Waals surface area contributed by atoms with Gasteiger partial charge in [-0.3, -0.25) is 19.5 Å². The van der Waals surface area contributed by atoms with Crippen LogP contribution in [0, 0.1) is 5.82 Å². The number of fused-ring (bicyclic) bond motifs is 1. The number of carboxylic acid groups (broad SMARTS) is 1. The highest BCUT2D eigenvalue weighted by Crippen LogP contribution is 2.30. The van der Waals surface area contributed by atoms with Crippen LogP contribution < -0.4 is 4.90 Å². The van der Waals surface area contributed by atoms with Gasteiger partial charge in [-0.05, 0) is 30.3 Å². The Morgan fingerprint density at radius 1 is 1.25 bits per heavy atom. The van der Waals surface area contributed by atoms with Crippen LogP contribution in [0.15, 0.2) is 47.5 Å². The molecule has 1 aliphatic heterocycles. The van der Waals surface area contributed by atoms with Gasteiger partial charge in [-0.15, -0.1) is 0 Å². The predicted octanol–water partition coefficient (Wildman–Crippen LogP) is 2.75. The highest BCUT2D eigenvalue weighted by atomic mass is 35.5. The largest absolute Gasteiger partial charge is 0.480 e. The molecule has 0 saturated carbocycles. The zero-order chi connectivity index (χ0) is 17.3. The van der Waals surface area contributed by atoms with E-state index in [0.717, 1.165) is 4.90 Å². The maximum Gasteiger partial charge on any atom is 0.323 e. The molecule has 1 aliphatic rings. The summed E-state index contributed by atoms with van der Waals surface area (Å²) in [5, 5.41) is 9.44. The number of amides is 1. The molecular formula is C17H12ClFN2O3. The maximum absolute atomic E-state index is 14.2. The second kappa shape index (κ2) is 6.41. The van der Waals surface area contributed by atoms with Crippen LogP contribution in [0.25, 0.3) is 0 Å². The molecule has 0 spiro atoms. The van der Waals surface area contributed by atoms with Crippen LogP contribution in [0.2, 0.25) is 5.02 Å². The van der Waals surface area contributed by atoms with Crippen LogP contribution in [-0.2, 0) is 9.59 Å². The summed E-state index contributed by atoms with van der Waals surface area (Å²) in [4.78, 5) is 28.7. The van der Waals surface area contributed by atoms with Crippen molar-refractivity contribution in [2.45, 2.75) is 0 Å². The van der Waals surface area contributed by atoms with Crippen LogP contribution in [-0.4, -0.2) is 35.8 Å². The van der Waals surface area contributed by atoms with E-state index in [9.17, 15) is 14.0 Å². The number of carbonyl (C=O) groups excluding carboxylic acids is 1. The SMILES string of the molecule is O=C(O)CN1C(=O)CN=C(c2ccccc2F)c2cc(Cl)ccc21. The molecule has 122 valence electrons. The number of nitrogens with zero attached hydrogens (tertiary/aromatic N) is 2. The number of carboxylic acids is 1. The van der Waals surface area contributed by atoms with E-state index in [1.165, 1.54) is 6.07 Å². The first-order chi connectivity index (χ1) is 11.5. The number of aliphatic carboxylic acids is 1. The summed E-state index contributed by atoms with van der Waals surface area (Å²) < 4.78 is 14.2. The molecule has 5 nitrogen and oxygen atoms in total. The fraction of sp³-hybridized carbons (Fsp3) is 0.118. The molecule has 2 aromatic rings. The lowest BCUT2D eigenvalue weighted by atomic mass is 9.99. The molecule has 3 rings (SSSR count). The van der Waals surface area contributed by atoms with Gasteiger partial charge in [-0.2, -0.15) is 0 Å². The van der Waals surface area contributed by atoms with E-state index in [-0.39, 0.29) is 17.8 Å². The van der Waals surface area contributed by atoms with Crippen molar-refractivity contribution in [2.24, 2.45) is 4.99 Å². The highest BCUT2D eigenvalue weighted by Gasteiger charge is 2.27. The number of anilines is 1. The Hall–Kier alpha value is -2.73. The van der Waals surface area contributed by atoms with Crippen molar-refractivity contribution >= 4 is 34.9 Å². The molecule has 2 aromatic carbocycles. The summed E-state index contributed by atoms with van der Waals surface area (Å²) in [5.74, 6) is -2.12. The third-order valence-electron chi connectivity index (χ3n) is 3.60. The molecule has 0 unspecified atom stereocenters. The Morgan fingerprint density at radius 2 is 2.00 bits per heavy atom. The average Bonchev–Trinajstić information content (AvgIpc) is 2.66. The molecule has 0 atom stereocenters. The molecule has 24 heavy (non-hydrogen) atoms. The van der Waals surface area contributed by atoms with Gasteiger partial charge in [0.25, 0.3) is 0 Å². The highest BCUT2D eigenvalue weighted by molar-refractivity contribution is 6.32. The van der Waals surface area contributed by atoms with Crippen LogP contribution in [0.5, 0.6) is 0 Å². The standard InChI is InChI=1S/C17H12ClFN2O3/c18-10-5-6-14-12(7-10)17(11-3-1-2-4-13(11)19)20-8-15(22)21(14)9-16(23)24/h1-7H,8-9H2,(H,23,24). The molecule has 0 radical (unpaired) electrons. The van der Waals surface area contributed by atoms with Crippen LogP contribution >= 0.6 is 11.6 Å². The number of rotatable bonds is 3. The monoisotopic (exact) mass is 346 g/mol. The van der Waals surface area contributed by atoms with Gasteiger partial charge >= 0.3 is 5.97 Å². The quantitative estimate of drug-likeness (QED) is 0.929. The van der Waals surface area contributed by atoms with Gasteiger partial charge in [0.2, 0.25) is 5.91 Å². The van der Waals surface area contributed by atoms with Crippen molar-refractivity contribution < 1.29 is 19.1 Å². The Morgan fingerprint density at radius 3 is 2.71 bits per heavy atom. The Balaban J connectivity index is 2.21. The van der Waals surface area contributed by atoms with Crippen molar-refractivity contribution in [3.63, 3.8) is 0 Å². The number of benzodiazepines with no additional fused rings is 1. The molecule has 0 bridgehead atoms. The topological polar surface area (TPSA) is 70.0 Å². The summed E-state index contributed by atoms with van der Waals surface area (Å²) in [5.41, 5.74) is 1.25. The summed E-state index contributed by atoms with van der Waals surface area (Å²) in [7, 11) is 0. The first-order valence-electron chi connectivity index (χ1n) is 7.09. The van der Waals surface area contributed by atoms with Gasteiger partial charge in [0, 0.05) is 16.1 Å². The van der Waals surface area contributed by atoms with E-state index in [0.29, 0.717) is 16.3 Å². The number of hydrogen-bond acceptors (Lipinski definition) is 3. The first kappa shape index (κ1) is 16.1. The number of halogens is 2. The molecule has 1 N–H and O–H groups in total. The van der Waals surface area contributed by atoms with Crippen molar-refractivity contribution in [3.8, 4) is 0 Å². The van der Waals surface area contributed by atoms with E-state index >= 15 is 0 Å². The van der Waals surface area contributed by atoms with Crippen LogP contribution in [0.4, 0.5) is 10.1 Å². The number of hydrogen-bond donors (Lipinski definition) is 1. The van der Waals surface area contributed by atoms with Crippen molar-refractivity contribution in [1.29, 1.82) is 0 Å². The van der Waals surface area contributed by atoms with Gasteiger partial charge in [0.05, 0.1) is 11.4 Å². The second-order valence-electron chi connectivity index (χ2n) is 5.18. The number of benzene rings is 2. The minimum absolute atomic E-state index is 0.228. The molecule has 0 fully saturated rings. The molecule has 0 aliphatic carbocycles. The summed E-state index contributed by atoms with van der Waals surface area (Å²) in [6, 6.07) is 10.7. The van der Waals surface area contributed by atoms with Crippen molar-refractivity contribution in [3.05, 3.63) is 64.4 Å². The fourth-order valence-corrected chi connectivity index (χ4v) is 2.75. The van der Waals surface area contributed by atoms with Gasteiger partial charge < -0.3 is 5.11 Å². The van der Waals surface area contributed by atoms with E-state index in [1.54, 1.807) is 36.4 Å². The minimum atomic E-state index is -1.15. The summed E-state index contributed by atoms with van der Waals surface area (Å²) in [6.07, 6.45) is 0. The molecule has 1 heterocycles. The van der Waals surface area contributed by atoms with E-state index in [4.69, 9.17) is 16.7 Å². The molecule has 0 aromatic heterocycles. The smallest absolute Gasteiger partial charge is 0.323 e. The average molecular weight is 347 g/mol. The summed E-state index contributed by atoms with van der Waals surface area (Å²) >= 11 is 6.04. The minimum Gasteiger partial charge on any atom is -0.480 e. The molecule has 7 heteroatoms. The predicted molar refractivity (Wildman–Crippen MR) is 88.3 cm³/mol. The van der Waals surface area contributed by atoms with Crippen molar-refractivity contribution in [1.82, 2.24) is 0 Å². The lowest BCUT2D eigenvalue weighted by Crippen LogP contribution is -2.37. The number of aliphatic imine (C=N–C) groups is 1. The van der Waals surface area contributed by atoms with Gasteiger partial charge in [-0.25, -0.2) is 4.39 Å². The third-order valence-corrected chi connectivity index (χ3v) is 3.84. The third kappa shape index (κ3) is 3.00. The molecule has 1 amide bonds. The lowest BCUT2D eigenvalue weighted by Gasteiger charge is -2.21. The van der Waals surface area contributed by atoms with Gasteiger partial charge in [0.15, 0.2) is 0 Å². The fourth-order valence-electron chi connectivity index (χ4n) is 2.58. The van der Waals surface area contributed by atoms with E-state index in [2.05, 4.69) is 4.99 Å². The van der Waals surface area contributed by atoms with Crippen molar-refractivity contribution in [2.75, 3.05) is 18.0 Å². The zero-order valence-electron chi connectivity index (χ0n) is 12.4. The zero-order valence-corrected chi connectivity index (χ0v) is 13.1. The summed E-state index contributed by atoms with van der Waals surface area (Å²) in [6.45, 7) is -0.781. The number of carbonyl (C=O) groups is 2. The second-order valence-corrected chi connectivity index (χ2v) is 5.62. The molecule has 0 saturated heterocycles. The Kier molecular flexibility index (Phi) is 4.31. The normalized spacial score (nSPS) is 14.0. The molecular weight excluding hydrogens is 335 g/mol. The Labute approximate surface area is 142 Å². The maximum atomic E-state index is 14.2. The van der Waals surface area contributed by atoms with E-state index in [1.807, 2.05) is 0 Å². The van der Waals surface area contributed by atoms with Crippen LogP contribution in [0.1, 0.15) is 11.1 Å². The first-order valence-corrected chi connectivity index (χ1v) is 7.46. The lowest BCUT2D eigenvalue weighted by molar-refractivity contribution is -0.136. The van der Waals surface area contributed by atoms with Crippen LogP contribution in [0.3, 0.4) is 0 Å². The Bertz CT molecular complexity index is 867. The van der Waals surface area contributed by atoms with E-state index < -0.39 is 24.2 Å². The van der Waals surface area contributed by atoms with Gasteiger partial charge in [0.1, 0.15) is 18.9 Å². The van der Waals surface area contributed by atoms with Gasteiger partial charge in [-0.1, -0.05) is 23.7 Å².